The van der Waals surface area contributed by atoms with Crippen molar-refractivity contribution >= 4 is 131 Å². The van der Waals surface area contributed by atoms with Gasteiger partial charge in [0.15, 0.2) is 0 Å². The van der Waals surface area contributed by atoms with Crippen molar-refractivity contribution in [3.63, 3.8) is 0 Å². The molecule has 6 heterocycles. The van der Waals surface area contributed by atoms with Crippen LogP contribution in [0.1, 0.15) is 0 Å². The third kappa shape index (κ3) is 15.4. The normalized spacial score (nSPS) is 11.6. The van der Waals surface area contributed by atoms with E-state index in [1.54, 1.807) is 0 Å². The highest BCUT2D eigenvalue weighted by atomic mass is 15.0. The van der Waals surface area contributed by atoms with Crippen LogP contribution in [0.25, 0.3) is 265 Å². The SMILES string of the molecule is c1ccc(-c2ccc(-c3ccc(-n4c5ccccc5c5cc(-n6c7ccccc7c7ccccc76)ccc54)cc3)c(-c3ccccc3)c2)cc1.c1ccc(-c2ccc(-c3ccc(-n4c5ccccc5c5cc(-n6c7ccccc7c7ccccc76)ccc54)cc3)cc2-c2ccccc2)cc1.c1ccc(-c2ccc(-c3ccccc3)c(-c3ccc(-n4c5ccccc5c5cc(-n6c7ccccc7c7ccccc76)ccc54)cc3)c2)cc1. The van der Waals surface area contributed by atoms with Gasteiger partial charge in [-0.1, -0.05) is 419 Å². The molecule has 6 nitrogen and oxygen atoms in total. The number of hydrogen-bond acceptors (Lipinski definition) is 0. The van der Waals surface area contributed by atoms with Gasteiger partial charge in [-0.25, -0.2) is 0 Å². The van der Waals surface area contributed by atoms with E-state index in [-0.39, 0.29) is 0 Å². The van der Waals surface area contributed by atoms with Gasteiger partial charge in [0.2, 0.25) is 0 Å². The van der Waals surface area contributed by atoms with Crippen LogP contribution in [-0.2, 0) is 0 Å². The maximum Gasteiger partial charge on any atom is 0.0542 e. The Hall–Kier alpha value is -19.9. The second kappa shape index (κ2) is 37.4. The lowest BCUT2D eigenvalue weighted by molar-refractivity contribution is 1.17. The van der Waals surface area contributed by atoms with Gasteiger partial charge in [-0.3, -0.25) is 0 Å². The molecule has 0 bridgehead atoms. The van der Waals surface area contributed by atoms with Crippen LogP contribution in [0.15, 0.2) is 582 Å². The van der Waals surface area contributed by atoms with Gasteiger partial charge in [0.1, 0.15) is 0 Å². The molecule has 0 aliphatic heterocycles. The lowest BCUT2D eigenvalue weighted by Crippen LogP contribution is -1.96. The first kappa shape index (κ1) is 87.8. The summed E-state index contributed by atoms with van der Waals surface area (Å²) in [5.41, 5.74) is 43.4. The Labute approximate surface area is 868 Å². The molecular formula is C144H96N6. The van der Waals surface area contributed by atoms with E-state index in [1.807, 2.05) is 0 Å². The van der Waals surface area contributed by atoms with Crippen molar-refractivity contribution in [1.82, 2.24) is 27.4 Å². The van der Waals surface area contributed by atoms with E-state index in [0.717, 1.165) is 17.1 Å². The Morgan fingerprint density at radius 1 is 0.0800 bits per heavy atom. The van der Waals surface area contributed by atoms with Crippen LogP contribution < -0.4 is 0 Å². The molecule has 0 aliphatic rings. The Kier molecular flexibility index (Phi) is 21.9. The fraction of sp³-hybridized carbons (Fsp3) is 0. The maximum atomic E-state index is 2.41. The molecule has 150 heavy (non-hydrogen) atoms. The molecular weight excluding hydrogens is 1810 g/mol. The number of aromatic nitrogens is 6. The zero-order valence-corrected chi connectivity index (χ0v) is 82.1. The van der Waals surface area contributed by atoms with Crippen molar-refractivity contribution in [3.05, 3.63) is 582 Å². The number of fused-ring (bicyclic) bond motifs is 18. The van der Waals surface area contributed by atoms with Crippen LogP contribution in [-0.4, -0.2) is 27.4 Å². The Balaban J connectivity index is 0.000000108. The maximum absolute atomic E-state index is 2.41. The van der Waals surface area contributed by atoms with Crippen molar-refractivity contribution in [2.75, 3.05) is 0 Å². The Bertz CT molecular complexity index is 10200. The standard InChI is InChI=1S/3C48H32N2/c1-3-13-34(14-4-1)39-29-25-36(31-43(39)35-15-5-2-6-16-35)33-23-26-37(27-24-33)49-47-22-12-9-19-42(47)44-32-38(28-30-48(44)49)50-45-20-10-7-17-40(45)41-18-8-11-21-46(41)50;1-3-13-33(14-4-1)36-25-29-39(43(31-36)34-15-5-2-6-16-34)35-23-26-37(27-24-35)49-47-22-12-9-19-42(47)44-32-38(28-30-48(44)49)50-45-20-10-7-17-40(45)41-18-8-11-21-46(41)50;1-3-13-33(14-4-1)36-25-29-39(34-15-5-2-6-16-34)43(31-36)35-23-26-37(27-24-35)49-47-22-12-9-19-42(47)44-32-38(28-30-48(44)49)50-45-20-10-7-17-40(45)41-18-8-11-21-46(41)50/h3*1-32H. The highest BCUT2D eigenvalue weighted by Gasteiger charge is 2.25. The summed E-state index contributed by atoms with van der Waals surface area (Å²) in [7, 11) is 0. The predicted octanol–water partition coefficient (Wildman–Crippen LogP) is 38.6. The summed E-state index contributed by atoms with van der Waals surface area (Å²) in [5.74, 6) is 0. The van der Waals surface area contributed by atoms with Crippen molar-refractivity contribution in [2.45, 2.75) is 0 Å². The first-order chi connectivity index (χ1) is 74.4. The average molecular weight is 1910 g/mol. The molecule has 6 heteroatoms. The average Bonchev–Trinajstić information content (AvgIpc) is 1.58. The molecule has 24 aromatic carbocycles. The van der Waals surface area contributed by atoms with Crippen LogP contribution in [0.5, 0.6) is 0 Å². The van der Waals surface area contributed by atoms with Gasteiger partial charge in [-0.05, 0) is 264 Å². The largest absolute Gasteiger partial charge is 0.309 e. The second-order valence-corrected chi connectivity index (χ2v) is 38.9. The van der Waals surface area contributed by atoms with E-state index >= 15 is 0 Å². The fourth-order valence-electron chi connectivity index (χ4n) is 23.5. The van der Waals surface area contributed by atoms with Crippen LogP contribution in [0, 0.1) is 0 Å². The molecule has 0 unspecified atom stereocenters. The number of para-hydroxylation sites is 9. The topological polar surface area (TPSA) is 29.6 Å². The van der Waals surface area contributed by atoms with Crippen LogP contribution in [0.2, 0.25) is 0 Å². The van der Waals surface area contributed by atoms with Gasteiger partial charge in [-0.2, -0.15) is 0 Å². The molecule has 6 aromatic heterocycles. The molecule has 0 saturated carbocycles. The zero-order valence-electron chi connectivity index (χ0n) is 82.1. The molecule has 0 atom stereocenters. The molecule has 0 N–H and O–H groups in total. The Morgan fingerprint density at radius 2 is 0.227 bits per heavy atom. The highest BCUT2D eigenvalue weighted by molar-refractivity contribution is 6.17. The molecule has 0 fully saturated rings. The van der Waals surface area contributed by atoms with E-state index in [0.29, 0.717) is 0 Å². The van der Waals surface area contributed by atoms with Crippen LogP contribution in [0.4, 0.5) is 0 Å². The molecule has 0 aliphatic carbocycles. The minimum atomic E-state index is 1.14. The summed E-state index contributed by atoms with van der Waals surface area (Å²) < 4.78 is 14.4. The van der Waals surface area contributed by atoms with Crippen LogP contribution >= 0.6 is 0 Å². The summed E-state index contributed by atoms with van der Waals surface area (Å²) in [6.45, 7) is 0. The summed E-state index contributed by atoms with van der Waals surface area (Å²) in [4.78, 5) is 0. The summed E-state index contributed by atoms with van der Waals surface area (Å²) in [5, 5.41) is 15.1. The molecule has 30 rings (SSSR count). The summed E-state index contributed by atoms with van der Waals surface area (Å²) >= 11 is 0. The van der Waals surface area contributed by atoms with Crippen molar-refractivity contribution in [1.29, 1.82) is 0 Å². The number of benzene rings is 24. The van der Waals surface area contributed by atoms with Crippen molar-refractivity contribution < 1.29 is 0 Å². The first-order valence-corrected chi connectivity index (χ1v) is 51.6. The quantitative estimate of drug-likeness (QED) is 0.0979. The number of hydrogen-bond donors (Lipinski definition) is 0. The predicted molar refractivity (Wildman–Crippen MR) is 634 cm³/mol. The third-order valence-electron chi connectivity index (χ3n) is 30.4. The van der Waals surface area contributed by atoms with E-state index in [2.05, 4.69) is 610 Å². The monoisotopic (exact) mass is 1910 g/mol. The number of nitrogens with zero attached hydrogens (tertiary/aromatic N) is 6. The highest BCUT2D eigenvalue weighted by Crippen LogP contribution is 2.47. The van der Waals surface area contributed by atoms with E-state index in [1.165, 1.54) is 248 Å². The van der Waals surface area contributed by atoms with Gasteiger partial charge in [-0.15, -0.1) is 0 Å². The van der Waals surface area contributed by atoms with Crippen molar-refractivity contribution in [3.8, 4) is 134 Å². The molecule has 30 aromatic rings. The minimum Gasteiger partial charge on any atom is -0.309 e. The van der Waals surface area contributed by atoms with Gasteiger partial charge < -0.3 is 27.4 Å². The Morgan fingerprint density at radius 3 is 0.460 bits per heavy atom. The van der Waals surface area contributed by atoms with E-state index in [4.69, 9.17) is 0 Å². The zero-order chi connectivity index (χ0) is 99.1. The molecule has 702 valence electrons. The van der Waals surface area contributed by atoms with Crippen LogP contribution in [0.3, 0.4) is 0 Å². The third-order valence-corrected chi connectivity index (χ3v) is 30.4. The smallest absolute Gasteiger partial charge is 0.0542 e. The van der Waals surface area contributed by atoms with Gasteiger partial charge >= 0.3 is 0 Å². The second-order valence-electron chi connectivity index (χ2n) is 38.9. The first-order valence-electron chi connectivity index (χ1n) is 51.6. The summed E-state index contributed by atoms with van der Waals surface area (Å²) in [6.07, 6.45) is 0. The van der Waals surface area contributed by atoms with Crippen molar-refractivity contribution in [2.24, 2.45) is 0 Å². The van der Waals surface area contributed by atoms with Gasteiger partial charge in [0.25, 0.3) is 0 Å². The summed E-state index contributed by atoms with van der Waals surface area (Å²) in [6, 6.07) is 211. The minimum absolute atomic E-state index is 1.14. The molecule has 0 saturated heterocycles. The molecule has 0 spiro atoms. The van der Waals surface area contributed by atoms with Gasteiger partial charge in [0, 0.05) is 98.8 Å². The van der Waals surface area contributed by atoms with Gasteiger partial charge in [0.05, 0.1) is 66.2 Å². The van der Waals surface area contributed by atoms with E-state index in [9.17, 15) is 0 Å². The number of rotatable bonds is 15. The fourth-order valence-corrected chi connectivity index (χ4v) is 23.5. The lowest BCUT2D eigenvalue weighted by atomic mass is 9.91. The molecule has 0 radical (unpaired) electrons. The lowest BCUT2D eigenvalue weighted by Gasteiger charge is -2.15. The molecule has 0 amide bonds. The van der Waals surface area contributed by atoms with E-state index < -0.39 is 0 Å².